The van der Waals surface area contributed by atoms with Crippen LogP contribution in [0.15, 0.2) is 41.4 Å². The summed E-state index contributed by atoms with van der Waals surface area (Å²) in [6.07, 6.45) is 1.74. The number of hydrogen-bond acceptors (Lipinski definition) is 4. The number of rotatable bonds is 4. The van der Waals surface area contributed by atoms with Crippen LogP contribution in [-0.2, 0) is 4.79 Å². The molecule has 0 atom stereocenters. The van der Waals surface area contributed by atoms with E-state index < -0.39 is 0 Å². The van der Waals surface area contributed by atoms with E-state index in [0.717, 1.165) is 15.8 Å². The van der Waals surface area contributed by atoms with Gasteiger partial charge >= 0.3 is 0 Å². The molecule has 0 unspecified atom stereocenters. The molecule has 0 saturated carbocycles. The molecule has 0 saturated heterocycles. The fraction of sp³-hybridized carbons (Fsp3) is 0.154. The smallest absolute Gasteiger partial charge is 0.231 e. The number of carbonyl (C=O) groups is 1. The lowest BCUT2D eigenvalue weighted by Crippen LogP contribution is -2.25. The Bertz CT molecular complexity index is 601. The van der Waals surface area contributed by atoms with Crippen LogP contribution in [0.1, 0.15) is 0 Å². The van der Waals surface area contributed by atoms with Crippen LogP contribution in [0.2, 0.25) is 0 Å². The molecule has 1 N–H and O–H groups in total. The number of nitriles is 1. The predicted molar refractivity (Wildman–Crippen MR) is 71.1 cm³/mol. The van der Waals surface area contributed by atoms with E-state index in [4.69, 9.17) is 5.26 Å². The van der Waals surface area contributed by atoms with Crippen molar-refractivity contribution in [1.29, 1.82) is 5.26 Å². The second-order valence-corrected chi connectivity index (χ2v) is 4.57. The second kappa shape index (κ2) is 6.03. The molecule has 1 amide bonds. The molecule has 0 aliphatic carbocycles. The van der Waals surface area contributed by atoms with Crippen LogP contribution in [0.4, 0.5) is 0 Å². The van der Waals surface area contributed by atoms with E-state index in [1.165, 1.54) is 11.8 Å². The fourth-order valence-electron chi connectivity index (χ4n) is 1.53. The van der Waals surface area contributed by atoms with Crippen LogP contribution in [0, 0.1) is 11.3 Å². The standard InChI is InChI=1S/C13H11N3OS/c14-6-8-15-12(17)9-18-11-5-1-3-10-4-2-7-16-13(10)11/h1-5,7H,8-9H2,(H,15,17). The molecule has 1 aromatic heterocycles. The lowest BCUT2D eigenvalue weighted by atomic mass is 10.2. The van der Waals surface area contributed by atoms with Gasteiger partial charge in [0.15, 0.2) is 0 Å². The first-order valence-electron chi connectivity index (χ1n) is 5.41. The molecule has 0 bridgehead atoms. The Balaban J connectivity index is 2.08. The molecular weight excluding hydrogens is 246 g/mol. The average molecular weight is 257 g/mol. The summed E-state index contributed by atoms with van der Waals surface area (Å²) in [5.41, 5.74) is 0.901. The zero-order valence-electron chi connectivity index (χ0n) is 9.59. The third kappa shape index (κ3) is 2.99. The van der Waals surface area contributed by atoms with Gasteiger partial charge in [0.25, 0.3) is 0 Å². The van der Waals surface area contributed by atoms with Crippen molar-refractivity contribution in [3.8, 4) is 6.07 Å². The normalized spacial score (nSPS) is 9.94. The quantitative estimate of drug-likeness (QED) is 0.671. The third-order valence-corrected chi connectivity index (χ3v) is 3.37. The fourth-order valence-corrected chi connectivity index (χ4v) is 2.40. The van der Waals surface area contributed by atoms with E-state index >= 15 is 0 Å². The largest absolute Gasteiger partial charge is 0.342 e. The molecular formula is C13H11N3OS. The van der Waals surface area contributed by atoms with Gasteiger partial charge in [0.2, 0.25) is 5.91 Å². The van der Waals surface area contributed by atoms with Crippen LogP contribution >= 0.6 is 11.8 Å². The van der Waals surface area contributed by atoms with Gasteiger partial charge in [-0.05, 0) is 12.1 Å². The summed E-state index contributed by atoms with van der Waals surface area (Å²) in [4.78, 5) is 16.7. The van der Waals surface area contributed by atoms with Crippen LogP contribution < -0.4 is 5.32 Å². The SMILES string of the molecule is N#CCNC(=O)CSc1cccc2cccnc12. The van der Waals surface area contributed by atoms with Gasteiger partial charge in [0.1, 0.15) is 6.54 Å². The Labute approximate surface area is 109 Å². The van der Waals surface area contributed by atoms with Crippen molar-refractivity contribution in [3.05, 3.63) is 36.5 Å². The molecule has 2 rings (SSSR count). The van der Waals surface area contributed by atoms with Crippen molar-refractivity contribution in [2.24, 2.45) is 0 Å². The number of fused-ring (bicyclic) bond motifs is 1. The minimum atomic E-state index is -0.144. The van der Waals surface area contributed by atoms with E-state index in [2.05, 4.69) is 10.3 Å². The van der Waals surface area contributed by atoms with Crippen LogP contribution in [0.5, 0.6) is 0 Å². The number of aromatic nitrogens is 1. The summed E-state index contributed by atoms with van der Waals surface area (Å²) >= 11 is 1.42. The zero-order chi connectivity index (χ0) is 12.8. The molecule has 4 nitrogen and oxygen atoms in total. The van der Waals surface area contributed by atoms with Crippen molar-refractivity contribution in [3.63, 3.8) is 0 Å². The molecule has 0 fully saturated rings. The Morgan fingerprint density at radius 1 is 1.39 bits per heavy atom. The van der Waals surface area contributed by atoms with Crippen molar-refractivity contribution >= 4 is 28.6 Å². The van der Waals surface area contributed by atoms with Gasteiger partial charge in [-0.1, -0.05) is 18.2 Å². The maximum atomic E-state index is 11.4. The molecule has 1 heterocycles. The van der Waals surface area contributed by atoms with Crippen molar-refractivity contribution in [1.82, 2.24) is 10.3 Å². The van der Waals surface area contributed by atoms with Gasteiger partial charge in [-0.15, -0.1) is 11.8 Å². The van der Waals surface area contributed by atoms with Crippen molar-refractivity contribution in [2.45, 2.75) is 4.90 Å². The summed E-state index contributed by atoms with van der Waals surface area (Å²) < 4.78 is 0. The van der Waals surface area contributed by atoms with Crippen LogP contribution in [0.25, 0.3) is 10.9 Å². The van der Waals surface area contributed by atoms with Gasteiger partial charge < -0.3 is 5.32 Å². The zero-order valence-corrected chi connectivity index (χ0v) is 10.4. The first-order chi connectivity index (χ1) is 8.81. The predicted octanol–water partition coefficient (Wildman–Crippen LogP) is 1.97. The van der Waals surface area contributed by atoms with E-state index in [1.54, 1.807) is 6.20 Å². The van der Waals surface area contributed by atoms with Gasteiger partial charge in [-0.25, -0.2) is 0 Å². The maximum absolute atomic E-state index is 11.4. The summed E-state index contributed by atoms with van der Waals surface area (Å²) in [7, 11) is 0. The van der Waals surface area contributed by atoms with Crippen molar-refractivity contribution < 1.29 is 4.79 Å². The van der Waals surface area contributed by atoms with E-state index in [9.17, 15) is 4.79 Å². The topological polar surface area (TPSA) is 65.8 Å². The summed E-state index contributed by atoms with van der Waals surface area (Å²) in [6, 6.07) is 11.6. The first-order valence-corrected chi connectivity index (χ1v) is 6.40. The van der Waals surface area contributed by atoms with Crippen LogP contribution in [-0.4, -0.2) is 23.2 Å². The van der Waals surface area contributed by atoms with Gasteiger partial charge in [0.05, 0.1) is 17.3 Å². The molecule has 0 aliphatic rings. The number of nitrogens with zero attached hydrogens (tertiary/aromatic N) is 2. The van der Waals surface area contributed by atoms with Gasteiger partial charge in [-0.3, -0.25) is 9.78 Å². The Kier molecular flexibility index (Phi) is 4.15. The van der Waals surface area contributed by atoms with E-state index in [1.807, 2.05) is 36.4 Å². The van der Waals surface area contributed by atoms with Gasteiger partial charge in [-0.2, -0.15) is 5.26 Å². The highest BCUT2D eigenvalue weighted by molar-refractivity contribution is 8.00. The Morgan fingerprint density at radius 2 is 2.22 bits per heavy atom. The number of carbonyl (C=O) groups excluding carboxylic acids is 1. The monoisotopic (exact) mass is 257 g/mol. The molecule has 18 heavy (non-hydrogen) atoms. The van der Waals surface area contributed by atoms with Crippen molar-refractivity contribution in [2.75, 3.05) is 12.3 Å². The third-order valence-electron chi connectivity index (χ3n) is 2.32. The number of nitrogens with one attached hydrogen (secondary N) is 1. The van der Waals surface area contributed by atoms with E-state index in [-0.39, 0.29) is 18.2 Å². The lowest BCUT2D eigenvalue weighted by Gasteiger charge is -2.04. The maximum Gasteiger partial charge on any atom is 0.231 e. The molecule has 0 aliphatic heterocycles. The highest BCUT2D eigenvalue weighted by Gasteiger charge is 2.05. The molecule has 90 valence electrons. The number of benzene rings is 1. The number of para-hydroxylation sites is 1. The van der Waals surface area contributed by atoms with E-state index in [0.29, 0.717) is 0 Å². The van der Waals surface area contributed by atoms with Gasteiger partial charge in [0, 0.05) is 16.5 Å². The lowest BCUT2D eigenvalue weighted by molar-refractivity contribution is -0.118. The molecule has 0 spiro atoms. The molecule has 5 heteroatoms. The molecule has 1 aromatic carbocycles. The highest BCUT2D eigenvalue weighted by atomic mass is 32.2. The minimum absolute atomic E-state index is 0.0488. The highest BCUT2D eigenvalue weighted by Crippen LogP contribution is 2.25. The Morgan fingerprint density at radius 3 is 3.06 bits per heavy atom. The number of hydrogen-bond donors (Lipinski definition) is 1. The minimum Gasteiger partial charge on any atom is -0.342 e. The Hall–Kier alpha value is -2.06. The second-order valence-electron chi connectivity index (χ2n) is 3.55. The average Bonchev–Trinajstić information content (AvgIpc) is 2.42. The molecule has 0 radical (unpaired) electrons. The molecule has 2 aromatic rings. The van der Waals surface area contributed by atoms with Crippen LogP contribution in [0.3, 0.4) is 0 Å². The summed E-state index contributed by atoms with van der Waals surface area (Å²) in [6.45, 7) is 0.0488. The first kappa shape index (κ1) is 12.4. The number of amides is 1. The number of pyridine rings is 1. The summed E-state index contributed by atoms with van der Waals surface area (Å²) in [5.74, 6) is 0.145. The summed E-state index contributed by atoms with van der Waals surface area (Å²) in [5, 5.41) is 11.9. The number of thioether (sulfide) groups is 1.